The average molecular weight is 326 g/mol. The van der Waals surface area contributed by atoms with Gasteiger partial charge in [-0.2, -0.15) is 5.26 Å². The Balaban J connectivity index is 2.57. The van der Waals surface area contributed by atoms with Crippen molar-refractivity contribution in [3.63, 3.8) is 0 Å². The number of nitrogens with one attached hydrogen (secondary N) is 1. The summed E-state index contributed by atoms with van der Waals surface area (Å²) in [6, 6.07) is 9.01. The number of aromatic nitrogens is 1. The molecule has 0 amide bonds. The molecule has 0 saturated heterocycles. The summed E-state index contributed by atoms with van der Waals surface area (Å²) < 4.78 is 9.88. The maximum atomic E-state index is 12.7. The number of rotatable bonds is 5. The molecule has 24 heavy (non-hydrogen) atoms. The van der Waals surface area contributed by atoms with E-state index in [0.717, 1.165) is 6.07 Å². The third kappa shape index (κ3) is 3.33. The zero-order valence-corrected chi connectivity index (χ0v) is 13.1. The molecule has 0 aliphatic rings. The predicted octanol–water partition coefficient (Wildman–Crippen LogP) is 1.66. The van der Waals surface area contributed by atoms with E-state index in [2.05, 4.69) is 4.98 Å². The number of benzene rings is 1. The molecule has 122 valence electrons. The molecule has 1 N–H and O–H groups in total. The van der Waals surface area contributed by atoms with Crippen molar-refractivity contribution in [2.75, 3.05) is 13.7 Å². The number of ketones is 1. The van der Waals surface area contributed by atoms with Crippen LogP contribution in [-0.2, 0) is 4.74 Å². The molecule has 2 aromatic rings. The lowest BCUT2D eigenvalue weighted by atomic mass is 10.00. The van der Waals surface area contributed by atoms with Crippen LogP contribution in [0.3, 0.4) is 0 Å². The van der Waals surface area contributed by atoms with Crippen LogP contribution in [0.1, 0.15) is 38.9 Å². The summed E-state index contributed by atoms with van der Waals surface area (Å²) in [6.45, 7) is 1.68. The van der Waals surface area contributed by atoms with Crippen molar-refractivity contribution < 1.29 is 19.1 Å². The van der Waals surface area contributed by atoms with Gasteiger partial charge in [-0.1, -0.05) is 0 Å². The van der Waals surface area contributed by atoms with Gasteiger partial charge in [-0.3, -0.25) is 9.59 Å². The summed E-state index contributed by atoms with van der Waals surface area (Å²) in [7, 11) is 1.50. The Kier molecular flexibility index (Phi) is 5.12. The van der Waals surface area contributed by atoms with E-state index in [-0.39, 0.29) is 29.0 Å². The minimum Gasteiger partial charge on any atom is -0.497 e. The van der Waals surface area contributed by atoms with E-state index in [1.807, 2.05) is 0 Å². The fourth-order valence-corrected chi connectivity index (χ4v) is 2.05. The molecule has 0 unspecified atom stereocenters. The van der Waals surface area contributed by atoms with Crippen molar-refractivity contribution in [3.05, 3.63) is 63.1 Å². The first kappa shape index (κ1) is 17.0. The second kappa shape index (κ2) is 7.24. The number of carbonyl (C=O) groups is 2. The smallest absolute Gasteiger partial charge is 0.355 e. The van der Waals surface area contributed by atoms with Crippen molar-refractivity contribution in [2.45, 2.75) is 6.92 Å². The van der Waals surface area contributed by atoms with Crippen LogP contribution in [0.25, 0.3) is 0 Å². The second-order valence-corrected chi connectivity index (χ2v) is 4.69. The van der Waals surface area contributed by atoms with E-state index >= 15 is 0 Å². The number of esters is 1. The quantitative estimate of drug-likeness (QED) is 0.661. The Labute approximate surface area is 137 Å². The van der Waals surface area contributed by atoms with Crippen molar-refractivity contribution in [2.24, 2.45) is 0 Å². The first-order chi connectivity index (χ1) is 11.5. The van der Waals surface area contributed by atoms with Gasteiger partial charge in [-0.05, 0) is 37.3 Å². The largest absolute Gasteiger partial charge is 0.497 e. The maximum Gasteiger partial charge on any atom is 0.355 e. The molecule has 0 radical (unpaired) electrons. The van der Waals surface area contributed by atoms with Gasteiger partial charge >= 0.3 is 5.97 Å². The molecule has 7 heteroatoms. The minimum absolute atomic E-state index is 0.0804. The number of hydrogen-bond acceptors (Lipinski definition) is 6. The molecule has 1 heterocycles. The highest BCUT2D eigenvalue weighted by Gasteiger charge is 2.22. The normalized spacial score (nSPS) is 9.88. The predicted molar refractivity (Wildman–Crippen MR) is 84.2 cm³/mol. The Bertz CT molecular complexity index is 875. The van der Waals surface area contributed by atoms with E-state index in [1.54, 1.807) is 25.1 Å². The topological polar surface area (TPSA) is 109 Å². The molecule has 0 saturated carbocycles. The summed E-state index contributed by atoms with van der Waals surface area (Å²) in [4.78, 5) is 38.7. The Morgan fingerprint density at radius 3 is 2.46 bits per heavy atom. The van der Waals surface area contributed by atoms with E-state index in [1.165, 1.54) is 19.2 Å². The number of pyridine rings is 1. The SMILES string of the molecule is CCOC(=O)c1[nH]c(=O)c(C#N)cc1C(=O)c1ccc(OC)cc1. The van der Waals surface area contributed by atoms with Crippen LogP contribution in [-0.4, -0.2) is 30.5 Å². The number of hydrogen-bond donors (Lipinski definition) is 1. The summed E-state index contributed by atoms with van der Waals surface area (Å²) in [5, 5.41) is 8.98. The van der Waals surface area contributed by atoms with Crippen LogP contribution in [0.4, 0.5) is 0 Å². The number of carbonyl (C=O) groups excluding carboxylic acids is 2. The molecule has 0 aliphatic carbocycles. The van der Waals surface area contributed by atoms with Gasteiger partial charge in [0.1, 0.15) is 23.1 Å². The molecule has 1 aromatic carbocycles. The van der Waals surface area contributed by atoms with E-state index in [4.69, 9.17) is 14.7 Å². The van der Waals surface area contributed by atoms with Gasteiger partial charge in [0.05, 0.1) is 19.3 Å². The lowest BCUT2D eigenvalue weighted by Gasteiger charge is -2.09. The van der Waals surface area contributed by atoms with Gasteiger partial charge in [0.2, 0.25) is 0 Å². The highest BCUT2D eigenvalue weighted by Crippen LogP contribution is 2.17. The first-order valence-electron chi connectivity index (χ1n) is 7.05. The summed E-state index contributed by atoms with van der Waals surface area (Å²) in [5.74, 6) is -0.791. The molecule has 0 atom stereocenters. The van der Waals surface area contributed by atoms with Gasteiger partial charge in [0.15, 0.2) is 5.78 Å². The molecule has 1 aromatic heterocycles. The number of H-pyrrole nitrogens is 1. The third-order valence-corrected chi connectivity index (χ3v) is 3.24. The maximum absolute atomic E-state index is 12.7. The summed E-state index contributed by atoms with van der Waals surface area (Å²) in [6.07, 6.45) is 0. The molecular formula is C17H14N2O5. The average Bonchev–Trinajstić information content (AvgIpc) is 2.61. The monoisotopic (exact) mass is 326 g/mol. The Hall–Kier alpha value is -3.40. The van der Waals surface area contributed by atoms with Crippen molar-refractivity contribution in [1.82, 2.24) is 4.98 Å². The molecule has 0 fully saturated rings. The van der Waals surface area contributed by atoms with Gasteiger partial charge in [0.25, 0.3) is 5.56 Å². The van der Waals surface area contributed by atoms with Gasteiger partial charge in [-0.15, -0.1) is 0 Å². The standard InChI is InChI=1S/C17H14N2O5/c1-3-24-17(22)14-13(8-11(9-18)16(21)19-14)15(20)10-4-6-12(23-2)7-5-10/h4-8H,3H2,1-2H3,(H,19,21). The van der Waals surface area contributed by atoms with Crippen molar-refractivity contribution >= 4 is 11.8 Å². The molecule has 2 rings (SSSR count). The number of nitrogens with zero attached hydrogens (tertiary/aromatic N) is 1. The fraction of sp³-hybridized carbons (Fsp3) is 0.176. The second-order valence-electron chi connectivity index (χ2n) is 4.69. The molecule has 7 nitrogen and oxygen atoms in total. The highest BCUT2D eigenvalue weighted by atomic mass is 16.5. The van der Waals surface area contributed by atoms with E-state index < -0.39 is 17.3 Å². The first-order valence-corrected chi connectivity index (χ1v) is 7.05. The molecule has 0 spiro atoms. The number of ether oxygens (including phenoxy) is 2. The van der Waals surface area contributed by atoms with Crippen LogP contribution < -0.4 is 10.3 Å². The zero-order valence-electron chi connectivity index (χ0n) is 13.1. The van der Waals surface area contributed by atoms with Crippen LogP contribution in [0, 0.1) is 11.3 Å². The third-order valence-electron chi connectivity index (χ3n) is 3.24. The summed E-state index contributed by atoms with van der Waals surface area (Å²) in [5.41, 5.74) is -1.12. The number of nitriles is 1. The summed E-state index contributed by atoms with van der Waals surface area (Å²) >= 11 is 0. The van der Waals surface area contributed by atoms with Crippen LogP contribution >= 0.6 is 0 Å². The van der Waals surface area contributed by atoms with E-state index in [9.17, 15) is 14.4 Å². The number of aromatic amines is 1. The van der Waals surface area contributed by atoms with Crippen molar-refractivity contribution in [3.8, 4) is 11.8 Å². The van der Waals surface area contributed by atoms with Crippen LogP contribution in [0.5, 0.6) is 5.75 Å². The Morgan fingerprint density at radius 2 is 1.92 bits per heavy atom. The zero-order chi connectivity index (χ0) is 17.7. The van der Waals surface area contributed by atoms with Gasteiger partial charge < -0.3 is 14.5 Å². The van der Waals surface area contributed by atoms with Gasteiger partial charge in [0, 0.05) is 5.56 Å². The Morgan fingerprint density at radius 1 is 1.25 bits per heavy atom. The van der Waals surface area contributed by atoms with E-state index in [0.29, 0.717) is 5.75 Å². The van der Waals surface area contributed by atoms with Gasteiger partial charge in [-0.25, -0.2) is 4.79 Å². The highest BCUT2D eigenvalue weighted by molar-refractivity contribution is 6.14. The minimum atomic E-state index is -0.837. The fourth-order valence-electron chi connectivity index (χ4n) is 2.05. The van der Waals surface area contributed by atoms with Crippen molar-refractivity contribution in [1.29, 1.82) is 5.26 Å². The molecule has 0 aliphatic heterocycles. The molecular weight excluding hydrogens is 312 g/mol. The lowest BCUT2D eigenvalue weighted by Crippen LogP contribution is -2.22. The van der Waals surface area contributed by atoms with Crippen LogP contribution in [0.15, 0.2) is 35.1 Å². The molecule has 0 bridgehead atoms. The number of methoxy groups -OCH3 is 1. The van der Waals surface area contributed by atoms with Crippen LogP contribution in [0.2, 0.25) is 0 Å². The lowest BCUT2D eigenvalue weighted by molar-refractivity contribution is 0.0516.